The van der Waals surface area contributed by atoms with Gasteiger partial charge in [-0.1, -0.05) is 23.2 Å². The Morgan fingerprint density at radius 2 is 1.71 bits per heavy atom. The first-order valence-electron chi connectivity index (χ1n) is 7.06. The highest BCUT2D eigenvalue weighted by atomic mass is 35.5. The van der Waals surface area contributed by atoms with E-state index in [4.69, 9.17) is 27.9 Å². The predicted molar refractivity (Wildman–Crippen MR) is 96.1 cm³/mol. The fraction of sp³-hybridized carbons (Fsp3) is 0.176. The van der Waals surface area contributed by atoms with E-state index in [1.54, 1.807) is 12.1 Å². The van der Waals surface area contributed by atoms with Gasteiger partial charge in [0.2, 0.25) is 0 Å². The molecule has 0 aliphatic heterocycles. The molecule has 126 valence electrons. The topological polar surface area (TPSA) is 58.6 Å². The number of hydrogen-bond acceptors (Lipinski definition) is 4. The number of anilines is 2. The van der Waals surface area contributed by atoms with Crippen LogP contribution >= 0.6 is 23.2 Å². The van der Waals surface area contributed by atoms with Crippen molar-refractivity contribution < 1.29 is 14.3 Å². The minimum atomic E-state index is -0.647. The van der Waals surface area contributed by atoms with Crippen LogP contribution in [0.1, 0.15) is 10.4 Å². The number of rotatable bonds is 5. The maximum Gasteiger partial charge on any atom is 0.338 e. The van der Waals surface area contributed by atoms with Gasteiger partial charge in [-0.3, -0.25) is 4.79 Å². The van der Waals surface area contributed by atoms with E-state index < -0.39 is 18.5 Å². The van der Waals surface area contributed by atoms with Crippen LogP contribution in [0.3, 0.4) is 0 Å². The molecule has 2 aromatic carbocycles. The fourth-order valence-corrected chi connectivity index (χ4v) is 2.18. The van der Waals surface area contributed by atoms with Crippen LogP contribution in [0.5, 0.6) is 0 Å². The first-order chi connectivity index (χ1) is 11.4. The molecule has 0 heterocycles. The quantitative estimate of drug-likeness (QED) is 0.816. The molecule has 0 aromatic heterocycles. The summed E-state index contributed by atoms with van der Waals surface area (Å²) in [7, 11) is 3.85. The molecule has 24 heavy (non-hydrogen) atoms. The largest absolute Gasteiger partial charge is 0.452 e. The lowest BCUT2D eigenvalue weighted by Gasteiger charge is -2.13. The van der Waals surface area contributed by atoms with Crippen LogP contribution in [0.25, 0.3) is 0 Å². The monoisotopic (exact) mass is 366 g/mol. The number of nitrogens with one attached hydrogen (secondary N) is 1. The summed E-state index contributed by atoms with van der Waals surface area (Å²) in [6, 6.07) is 11.7. The van der Waals surface area contributed by atoms with Gasteiger partial charge >= 0.3 is 5.97 Å². The van der Waals surface area contributed by atoms with Crippen LogP contribution in [0.4, 0.5) is 11.4 Å². The Hall–Kier alpha value is -2.24. The molecule has 0 aliphatic carbocycles. The van der Waals surface area contributed by atoms with Gasteiger partial charge in [-0.05, 0) is 42.5 Å². The number of hydrogen-bond donors (Lipinski definition) is 1. The van der Waals surface area contributed by atoms with Gasteiger partial charge in [-0.25, -0.2) is 4.79 Å². The number of ether oxygens (including phenoxy) is 1. The summed E-state index contributed by atoms with van der Waals surface area (Å²) in [6.45, 7) is -0.394. The standard InChI is InChI=1S/C17H16Cl2N2O3/c1-21(2)13-6-4-12(5-7-13)20-16(22)10-24-17(23)11-3-8-14(18)15(19)9-11/h3-9H,10H2,1-2H3,(H,20,22). The van der Waals surface area contributed by atoms with Gasteiger partial charge in [0.15, 0.2) is 6.61 Å². The second-order valence-electron chi connectivity index (χ2n) is 5.19. The van der Waals surface area contributed by atoms with Crippen molar-refractivity contribution in [2.45, 2.75) is 0 Å². The Bertz CT molecular complexity index is 746. The fourth-order valence-electron chi connectivity index (χ4n) is 1.88. The van der Waals surface area contributed by atoms with Crippen LogP contribution in [0, 0.1) is 0 Å². The van der Waals surface area contributed by atoms with Gasteiger partial charge in [-0.2, -0.15) is 0 Å². The summed E-state index contributed by atoms with van der Waals surface area (Å²) in [5.41, 5.74) is 1.86. The Balaban J connectivity index is 1.88. The molecule has 1 amide bonds. The molecule has 5 nitrogen and oxygen atoms in total. The van der Waals surface area contributed by atoms with Crippen molar-refractivity contribution in [3.8, 4) is 0 Å². The third kappa shape index (κ3) is 4.88. The minimum absolute atomic E-state index is 0.229. The number of carbonyl (C=O) groups is 2. The molecule has 0 saturated heterocycles. The van der Waals surface area contributed by atoms with Gasteiger partial charge in [0.05, 0.1) is 15.6 Å². The van der Waals surface area contributed by atoms with E-state index in [0.29, 0.717) is 10.7 Å². The molecule has 7 heteroatoms. The number of benzene rings is 2. The summed E-state index contributed by atoms with van der Waals surface area (Å²) in [5.74, 6) is -1.08. The summed E-state index contributed by atoms with van der Waals surface area (Å²) >= 11 is 11.6. The Morgan fingerprint density at radius 1 is 1.04 bits per heavy atom. The number of halogens is 2. The average Bonchev–Trinajstić information content (AvgIpc) is 2.55. The second kappa shape index (κ2) is 8.04. The van der Waals surface area contributed by atoms with Crippen LogP contribution < -0.4 is 10.2 Å². The Kier molecular flexibility index (Phi) is 6.06. The van der Waals surface area contributed by atoms with Gasteiger partial charge in [0, 0.05) is 25.5 Å². The zero-order valence-corrected chi connectivity index (χ0v) is 14.7. The van der Waals surface area contributed by atoms with E-state index in [-0.39, 0.29) is 10.6 Å². The minimum Gasteiger partial charge on any atom is -0.452 e. The lowest BCUT2D eigenvalue weighted by Crippen LogP contribution is -2.21. The summed E-state index contributed by atoms with van der Waals surface area (Å²) in [4.78, 5) is 25.7. The smallest absolute Gasteiger partial charge is 0.338 e. The zero-order valence-electron chi connectivity index (χ0n) is 13.2. The van der Waals surface area contributed by atoms with E-state index in [0.717, 1.165) is 5.69 Å². The maximum atomic E-state index is 11.9. The van der Waals surface area contributed by atoms with E-state index in [9.17, 15) is 9.59 Å². The second-order valence-corrected chi connectivity index (χ2v) is 6.01. The predicted octanol–water partition coefficient (Wildman–Crippen LogP) is 3.85. The van der Waals surface area contributed by atoms with Crippen molar-refractivity contribution in [2.24, 2.45) is 0 Å². The zero-order chi connectivity index (χ0) is 17.7. The normalized spacial score (nSPS) is 10.2. The molecular formula is C17H16Cl2N2O3. The molecule has 0 bridgehead atoms. The van der Waals surface area contributed by atoms with Crippen molar-refractivity contribution in [3.63, 3.8) is 0 Å². The molecule has 0 saturated carbocycles. The molecule has 0 fully saturated rings. The first kappa shape index (κ1) is 18.1. The van der Waals surface area contributed by atoms with Crippen molar-refractivity contribution in [2.75, 3.05) is 30.9 Å². The highest BCUT2D eigenvalue weighted by molar-refractivity contribution is 6.42. The number of esters is 1. The lowest BCUT2D eigenvalue weighted by atomic mass is 10.2. The van der Waals surface area contributed by atoms with Gasteiger partial charge in [-0.15, -0.1) is 0 Å². The summed E-state index contributed by atoms with van der Waals surface area (Å²) < 4.78 is 4.96. The molecular weight excluding hydrogens is 351 g/mol. The molecule has 2 aromatic rings. The van der Waals surface area contributed by atoms with E-state index in [2.05, 4.69) is 5.32 Å². The summed E-state index contributed by atoms with van der Waals surface area (Å²) in [5, 5.41) is 3.24. The molecule has 0 unspecified atom stereocenters. The number of carbonyl (C=O) groups excluding carboxylic acids is 2. The van der Waals surface area contributed by atoms with Crippen LogP contribution in [-0.4, -0.2) is 32.6 Å². The highest BCUT2D eigenvalue weighted by Gasteiger charge is 2.12. The average molecular weight is 367 g/mol. The van der Waals surface area contributed by atoms with Crippen molar-refractivity contribution in [1.29, 1.82) is 0 Å². The van der Waals surface area contributed by atoms with Crippen molar-refractivity contribution >= 4 is 46.5 Å². The highest BCUT2D eigenvalue weighted by Crippen LogP contribution is 2.23. The van der Waals surface area contributed by atoms with E-state index >= 15 is 0 Å². The van der Waals surface area contributed by atoms with Gasteiger partial charge < -0.3 is 15.0 Å². The van der Waals surface area contributed by atoms with Gasteiger partial charge in [0.1, 0.15) is 0 Å². The molecule has 1 N–H and O–H groups in total. The lowest BCUT2D eigenvalue weighted by molar-refractivity contribution is -0.119. The van der Waals surface area contributed by atoms with Crippen molar-refractivity contribution in [3.05, 3.63) is 58.1 Å². The van der Waals surface area contributed by atoms with Crippen molar-refractivity contribution in [1.82, 2.24) is 0 Å². The van der Waals surface area contributed by atoms with E-state index in [1.807, 2.05) is 31.1 Å². The maximum absolute atomic E-state index is 11.9. The molecule has 0 radical (unpaired) electrons. The van der Waals surface area contributed by atoms with Crippen LogP contribution in [0.15, 0.2) is 42.5 Å². The first-order valence-corrected chi connectivity index (χ1v) is 7.82. The SMILES string of the molecule is CN(C)c1ccc(NC(=O)COC(=O)c2ccc(Cl)c(Cl)c2)cc1. The Morgan fingerprint density at radius 3 is 2.29 bits per heavy atom. The molecule has 0 aliphatic rings. The van der Waals surface area contributed by atoms with E-state index in [1.165, 1.54) is 18.2 Å². The summed E-state index contributed by atoms with van der Waals surface area (Å²) in [6.07, 6.45) is 0. The number of nitrogens with zero attached hydrogens (tertiary/aromatic N) is 1. The molecule has 0 atom stereocenters. The third-order valence-corrected chi connectivity index (χ3v) is 3.90. The molecule has 0 spiro atoms. The van der Waals surface area contributed by atoms with Gasteiger partial charge in [0.25, 0.3) is 5.91 Å². The Labute approximate surface area is 150 Å². The van der Waals surface area contributed by atoms with Crippen LogP contribution in [-0.2, 0) is 9.53 Å². The molecule has 2 rings (SSSR count). The van der Waals surface area contributed by atoms with Crippen LogP contribution in [0.2, 0.25) is 10.0 Å². The third-order valence-electron chi connectivity index (χ3n) is 3.16. The number of amides is 1.